The van der Waals surface area contributed by atoms with Gasteiger partial charge in [-0.05, 0) is 50.6 Å². The number of halogens is 1. The van der Waals surface area contributed by atoms with E-state index >= 15 is 0 Å². The molecule has 118 valence electrons. The Hall–Kier alpha value is -1.72. The average molecular weight is 340 g/mol. The molecule has 0 atom stereocenters. The Balaban J connectivity index is 2.32. The first-order chi connectivity index (χ1) is 10.3. The highest BCUT2D eigenvalue weighted by Gasteiger charge is 2.17. The number of benzene rings is 2. The van der Waals surface area contributed by atoms with Gasteiger partial charge < -0.3 is 4.74 Å². The van der Waals surface area contributed by atoms with E-state index in [1.54, 1.807) is 12.1 Å². The highest BCUT2D eigenvalue weighted by molar-refractivity contribution is 7.92. The van der Waals surface area contributed by atoms with Crippen LogP contribution in [0.3, 0.4) is 0 Å². The topological polar surface area (TPSA) is 55.4 Å². The maximum absolute atomic E-state index is 12.4. The summed E-state index contributed by atoms with van der Waals surface area (Å²) in [4.78, 5) is 0.0981. The van der Waals surface area contributed by atoms with E-state index in [1.807, 2.05) is 32.9 Å². The molecule has 4 nitrogen and oxygen atoms in total. The van der Waals surface area contributed by atoms with Gasteiger partial charge in [-0.1, -0.05) is 29.3 Å². The molecular weight excluding hydrogens is 322 g/mol. The van der Waals surface area contributed by atoms with Crippen LogP contribution in [0.5, 0.6) is 5.75 Å². The van der Waals surface area contributed by atoms with E-state index in [0.29, 0.717) is 18.0 Å². The quantitative estimate of drug-likeness (QED) is 0.890. The molecule has 0 unspecified atom stereocenters. The summed E-state index contributed by atoms with van der Waals surface area (Å²) in [5.74, 6) is 0.467. The molecule has 0 saturated heterocycles. The van der Waals surface area contributed by atoms with Crippen LogP contribution in [0.2, 0.25) is 5.02 Å². The Bertz CT molecular complexity index is 788. The minimum Gasteiger partial charge on any atom is -0.492 e. The summed E-state index contributed by atoms with van der Waals surface area (Å²) in [6.07, 6.45) is 0. The van der Waals surface area contributed by atoms with Crippen molar-refractivity contribution in [3.05, 3.63) is 52.5 Å². The van der Waals surface area contributed by atoms with Gasteiger partial charge in [-0.2, -0.15) is 0 Å². The SMILES string of the molecule is CCOc1ccc(S(=O)(=O)Nc2ccc(C)cc2C)cc1Cl. The first-order valence-corrected chi connectivity index (χ1v) is 8.72. The van der Waals surface area contributed by atoms with Crippen molar-refractivity contribution in [2.24, 2.45) is 0 Å². The van der Waals surface area contributed by atoms with Crippen molar-refractivity contribution in [1.29, 1.82) is 0 Å². The third-order valence-electron chi connectivity index (χ3n) is 3.14. The van der Waals surface area contributed by atoms with Gasteiger partial charge in [0.05, 0.1) is 22.2 Å². The monoisotopic (exact) mass is 339 g/mol. The summed E-state index contributed by atoms with van der Waals surface area (Å²) in [7, 11) is -3.69. The van der Waals surface area contributed by atoms with Crippen LogP contribution in [0.1, 0.15) is 18.1 Å². The second kappa shape index (κ2) is 6.58. The van der Waals surface area contributed by atoms with Gasteiger partial charge in [-0.15, -0.1) is 0 Å². The molecule has 22 heavy (non-hydrogen) atoms. The fourth-order valence-corrected chi connectivity index (χ4v) is 3.51. The van der Waals surface area contributed by atoms with Gasteiger partial charge in [0.15, 0.2) is 0 Å². The Kier molecular flexibility index (Phi) is 4.98. The van der Waals surface area contributed by atoms with Gasteiger partial charge in [-0.3, -0.25) is 4.72 Å². The number of hydrogen-bond acceptors (Lipinski definition) is 3. The lowest BCUT2D eigenvalue weighted by atomic mass is 10.1. The smallest absolute Gasteiger partial charge is 0.261 e. The second-order valence-electron chi connectivity index (χ2n) is 4.95. The van der Waals surface area contributed by atoms with Gasteiger partial charge >= 0.3 is 0 Å². The molecule has 0 bridgehead atoms. The molecule has 1 N–H and O–H groups in total. The minimum atomic E-state index is -3.69. The maximum Gasteiger partial charge on any atom is 0.261 e. The lowest BCUT2D eigenvalue weighted by molar-refractivity contribution is 0.340. The average Bonchev–Trinajstić information content (AvgIpc) is 2.44. The van der Waals surface area contributed by atoms with Gasteiger partial charge in [0.2, 0.25) is 0 Å². The summed E-state index contributed by atoms with van der Waals surface area (Å²) < 4.78 is 32.8. The molecule has 0 fully saturated rings. The Morgan fingerprint density at radius 3 is 2.45 bits per heavy atom. The van der Waals surface area contributed by atoms with Crippen molar-refractivity contribution in [2.75, 3.05) is 11.3 Å². The summed E-state index contributed by atoms with van der Waals surface area (Å²) >= 11 is 6.05. The number of anilines is 1. The van der Waals surface area contributed by atoms with Crippen LogP contribution in [0.15, 0.2) is 41.3 Å². The van der Waals surface area contributed by atoms with Gasteiger partial charge in [0.25, 0.3) is 10.0 Å². The lowest BCUT2D eigenvalue weighted by Crippen LogP contribution is -2.14. The minimum absolute atomic E-state index is 0.0981. The van der Waals surface area contributed by atoms with Crippen LogP contribution in [-0.4, -0.2) is 15.0 Å². The van der Waals surface area contributed by atoms with E-state index in [4.69, 9.17) is 16.3 Å². The molecular formula is C16H18ClNO3S. The standard InChI is InChI=1S/C16H18ClNO3S/c1-4-21-16-8-6-13(10-14(16)17)22(19,20)18-15-7-5-11(2)9-12(15)3/h5-10,18H,4H2,1-3H3. The first-order valence-electron chi connectivity index (χ1n) is 6.86. The Morgan fingerprint density at radius 2 is 1.86 bits per heavy atom. The molecule has 0 amide bonds. The largest absolute Gasteiger partial charge is 0.492 e. The number of hydrogen-bond donors (Lipinski definition) is 1. The predicted molar refractivity (Wildman–Crippen MR) is 89.3 cm³/mol. The number of aryl methyl sites for hydroxylation is 2. The van der Waals surface area contributed by atoms with Crippen LogP contribution in [-0.2, 0) is 10.0 Å². The number of ether oxygens (including phenoxy) is 1. The van der Waals surface area contributed by atoms with Crippen molar-refractivity contribution in [3.63, 3.8) is 0 Å². The molecule has 2 aromatic carbocycles. The third kappa shape index (κ3) is 3.72. The molecule has 2 aromatic rings. The fourth-order valence-electron chi connectivity index (χ4n) is 2.05. The van der Waals surface area contributed by atoms with Crippen LogP contribution in [0, 0.1) is 13.8 Å². The molecule has 0 saturated carbocycles. The summed E-state index contributed by atoms with van der Waals surface area (Å²) in [6.45, 7) is 6.11. The highest BCUT2D eigenvalue weighted by Crippen LogP contribution is 2.28. The molecule has 2 rings (SSSR count). The van der Waals surface area contributed by atoms with Crippen molar-refractivity contribution in [1.82, 2.24) is 0 Å². The van der Waals surface area contributed by atoms with E-state index in [2.05, 4.69) is 4.72 Å². The number of rotatable bonds is 5. The highest BCUT2D eigenvalue weighted by atomic mass is 35.5. The zero-order valence-electron chi connectivity index (χ0n) is 12.7. The molecule has 0 aliphatic rings. The molecule has 0 aliphatic carbocycles. The van der Waals surface area contributed by atoms with Gasteiger partial charge in [-0.25, -0.2) is 8.42 Å². The maximum atomic E-state index is 12.4. The van der Waals surface area contributed by atoms with E-state index in [9.17, 15) is 8.42 Å². The fraction of sp³-hybridized carbons (Fsp3) is 0.250. The number of sulfonamides is 1. The van der Waals surface area contributed by atoms with Crippen LogP contribution in [0.4, 0.5) is 5.69 Å². The molecule has 0 heterocycles. The predicted octanol–water partition coefficient (Wildman–Crippen LogP) is 4.16. The van der Waals surface area contributed by atoms with Crippen molar-refractivity contribution < 1.29 is 13.2 Å². The van der Waals surface area contributed by atoms with Crippen LogP contribution in [0.25, 0.3) is 0 Å². The normalized spacial score (nSPS) is 11.3. The zero-order chi connectivity index (χ0) is 16.3. The third-order valence-corrected chi connectivity index (χ3v) is 4.80. The van der Waals surface area contributed by atoms with Crippen molar-refractivity contribution in [2.45, 2.75) is 25.7 Å². The van der Waals surface area contributed by atoms with Crippen molar-refractivity contribution >= 4 is 27.3 Å². The van der Waals surface area contributed by atoms with E-state index in [0.717, 1.165) is 11.1 Å². The Morgan fingerprint density at radius 1 is 1.14 bits per heavy atom. The first kappa shape index (κ1) is 16.6. The van der Waals surface area contributed by atoms with Crippen LogP contribution < -0.4 is 9.46 Å². The summed E-state index contributed by atoms with van der Waals surface area (Å²) in [5, 5.41) is 0.269. The van der Waals surface area contributed by atoms with Crippen molar-refractivity contribution in [3.8, 4) is 5.75 Å². The Labute approximate surface area is 136 Å². The molecule has 6 heteroatoms. The molecule has 0 aliphatic heterocycles. The molecule has 0 radical (unpaired) electrons. The van der Waals surface area contributed by atoms with Crippen LogP contribution >= 0.6 is 11.6 Å². The molecule has 0 spiro atoms. The number of nitrogens with one attached hydrogen (secondary N) is 1. The second-order valence-corrected chi connectivity index (χ2v) is 7.04. The van der Waals surface area contributed by atoms with Gasteiger partial charge in [0.1, 0.15) is 5.75 Å². The van der Waals surface area contributed by atoms with E-state index in [-0.39, 0.29) is 9.92 Å². The zero-order valence-corrected chi connectivity index (χ0v) is 14.3. The van der Waals surface area contributed by atoms with E-state index < -0.39 is 10.0 Å². The van der Waals surface area contributed by atoms with Gasteiger partial charge in [0, 0.05) is 0 Å². The lowest BCUT2D eigenvalue weighted by Gasteiger charge is -2.12. The van der Waals surface area contributed by atoms with E-state index in [1.165, 1.54) is 12.1 Å². The summed E-state index contributed by atoms with van der Waals surface area (Å²) in [6, 6.07) is 9.95. The summed E-state index contributed by atoms with van der Waals surface area (Å²) in [5.41, 5.74) is 2.49. The molecule has 0 aromatic heterocycles.